The quantitative estimate of drug-likeness (QED) is 0.878. The summed E-state index contributed by atoms with van der Waals surface area (Å²) in [5.41, 5.74) is 0.556. The summed E-state index contributed by atoms with van der Waals surface area (Å²) in [6.07, 6.45) is -0.391. The molecule has 116 valence electrons. The summed E-state index contributed by atoms with van der Waals surface area (Å²) in [5, 5.41) is 9.05. The molecule has 0 saturated carbocycles. The molecule has 1 atom stereocenters. The number of carbonyl (C=O) groups is 1. The first-order chi connectivity index (χ1) is 9.95. The lowest BCUT2D eigenvalue weighted by atomic mass is 10.2. The minimum Gasteiger partial charge on any atom is -0.479 e. The van der Waals surface area contributed by atoms with E-state index in [0.29, 0.717) is 18.7 Å². The maximum Gasteiger partial charge on any atom is 0.334 e. The number of hydrogen-bond acceptors (Lipinski definition) is 5. The van der Waals surface area contributed by atoms with Gasteiger partial charge in [-0.05, 0) is 18.6 Å². The van der Waals surface area contributed by atoms with E-state index in [4.69, 9.17) is 9.84 Å². The molecule has 0 radical (unpaired) electrons. The van der Waals surface area contributed by atoms with E-state index in [9.17, 15) is 13.2 Å². The lowest BCUT2D eigenvalue weighted by molar-refractivity contribution is -0.150. The summed E-state index contributed by atoms with van der Waals surface area (Å²) in [5.74, 6) is -0.954. The number of anilines is 1. The van der Waals surface area contributed by atoms with Gasteiger partial charge in [-0.15, -0.1) is 0 Å². The van der Waals surface area contributed by atoms with E-state index in [-0.39, 0.29) is 23.8 Å². The fourth-order valence-corrected chi connectivity index (χ4v) is 3.94. The monoisotopic (exact) mass is 313 g/mol. The van der Waals surface area contributed by atoms with Crippen LogP contribution in [0.25, 0.3) is 0 Å². The van der Waals surface area contributed by atoms with E-state index in [0.717, 1.165) is 0 Å². The SMILES string of the molecule is CCCS(=O)(=O)c1ccccc1N1CCOC(C(=O)O)C1. The van der Waals surface area contributed by atoms with Gasteiger partial charge in [0, 0.05) is 6.54 Å². The van der Waals surface area contributed by atoms with Crippen molar-refractivity contribution in [2.75, 3.05) is 30.3 Å². The van der Waals surface area contributed by atoms with E-state index in [1.807, 2.05) is 6.92 Å². The maximum absolute atomic E-state index is 12.3. The summed E-state index contributed by atoms with van der Waals surface area (Å²) in [4.78, 5) is 13.1. The van der Waals surface area contributed by atoms with E-state index < -0.39 is 21.9 Å². The summed E-state index contributed by atoms with van der Waals surface area (Å²) < 4.78 is 29.8. The molecule has 0 aliphatic carbocycles. The van der Waals surface area contributed by atoms with Gasteiger partial charge in [-0.25, -0.2) is 13.2 Å². The average Bonchev–Trinajstić information content (AvgIpc) is 2.47. The van der Waals surface area contributed by atoms with Crippen molar-refractivity contribution in [1.82, 2.24) is 0 Å². The zero-order valence-corrected chi connectivity index (χ0v) is 12.7. The van der Waals surface area contributed by atoms with Gasteiger partial charge in [0.25, 0.3) is 0 Å². The predicted octanol–water partition coefficient (Wildman–Crippen LogP) is 1.16. The first kappa shape index (κ1) is 15.8. The van der Waals surface area contributed by atoms with Gasteiger partial charge in [-0.2, -0.15) is 0 Å². The van der Waals surface area contributed by atoms with Crippen molar-refractivity contribution in [3.63, 3.8) is 0 Å². The van der Waals surface area contributed by atoms with E-state index in [1.54, 1.807) is 29.2 Å². The highest BCUT2D eigenvalue weighted by Crippen LogP contribution is 2.27. The van der Waals surface area contributed by atoms with Crippen LogP contribution >= 0.6 is 0 Å². The Labute approximate surface area is 124 Å². The Balaban J connectivity index is 2.34. The number of nitrogens with zero attached hydrogens (tertiary/aromatic N) is 1. The van der Waals surface area contributed by atoms with Crippen molar-refractivity contribution in [3.8, 4) is 0 Å². The van der Waals surface area contributed by atoms with Gasteiger partial charge in [0.2, 0.25) is 0 Å². The lowest BCUT2D eigenvalue weighted by Gasteiger charge is -2.33. The van der Waals surface area contributed by atoms with Crippen LogP contribution in [0.5, 0.6) is 0 Å². The summed E-state index contributed by atoms with van der Waals surface area (Å²) in [6, 6.07) is 6.73. The molecular formula is C14H19NO5S. The Bertz CT molecular complexity index is 614. The van der Waals surface area contributed by atoms with Crippen molar-refractivity contribution in [2.45, 2.75) is 24.3 Å². The molecule has 1 unspecified atom stereocenters. The first-order valence-corrected chi connectivity index (χ1v) is 8.52. The molecule has 2 rings (SSSR count). The average molecular weight is 313 g/mol. The lowest BCUT2D eigenvalue weighted by Crippen LogP contribution is -2.46. The Morgan fingerprint density at radius 1 is 1.43 bits per heavy atom. The number of hydrogen-bond donors (Lipinski definition) is 1. The van der Waals surface area contributed by atoms with E-state index in [1.165, 1.54) is 0 Å². The number of sulfone groups is 1. The molecule has 1 heterocycles. The van der Waals surface area contributed by atoms with Crippen LogP contribution in [-0.4, -0.2) is 51.0 Å². The minimum atomic E-state index is -3.36. The fourth-order valence-electron chi connectivity index (χ4n) is 2.38. The Morgan fingerprint density at radius 3 is 2.81 bits per heavy atom. The molecule has 0 amide bonds. The summed E-state index contributed by atoms with van der Waals surface area (Å²) in [6.45, 7) is 2.70. The zero-order valence-electron chi connectivity index (χ0n) is 11.9. The highest BCUT2D eigenvalue weighted by atomic mass is 32.2. The summed E-state index contributed by atoms with van der Waals surface area (Å²) in [7, 11) is -3.36. The number of morpholine rings is 1. The topological polar surface area (TPSA) is 83.9 Å². The normalized spacial score (nSPS) is 19.5. The molecule has 21 heavy (non-hydrogen) atoms. The van der Waals surface area contributed by atoms with Crippen molar-refractivity contribution in [2.24, 2.45) is 0 Å². The van der Waals surface area contributed by atoms with Gasteiger partial charge in [0.15, 0.2) is 15.9 Å². The van der Waals surface area contributed by atoms with Crippen LogP contribution < -0.4 is 4.90 Å². The molecule has 7 heteroatoms. The highest BCUT2D eigenvalue weighted by Gasteiger charge is 2.29. The number of ether oxygens (including phenoxy) is 1. The maximum atomic E-state index is 12.3. The molecule has 1 aliphatic rings. The van der Waals surface area contributed by atoms with Gasteiger partial charge < -0.3 is 14.7 Å². The van der Waals surface area contributed by atoms with Gasteiger partial charge in [0.1, 0.15) is 0 Å². The van der Waals surface area contributed by atoms with Crippen molar-refractivity contribution >= 4 is 21.5 Å². The molecule has 0 bridgehead atoms. The number of carboxylic acid groups (broad SMARTS) is 1. The third-order valence-electron chi connectivity index (χ3n) is 3.36. The van der Waals surface area contributed by atoms with Gasteiger partial charge in [0.05, 0.1) is 29.5 Å². The highest BCUT2D eigenvalue weighted by molar-refractivity contribution is 7.91. The largest absolute Gasteiger partial charge is 0.479 e. The zero-order chi connectivity index (χ0) is 15.5. The molecule has 1 saturated heterocycles. The second kappa shape index (κ2) is 6.44. The molecule has 6 nitrogen and oxygen atoms in total. The van der Waals surface area contributed by atoms with Crippen LogP contribution in [0, 0.1) is 0 Å². The molecule has 1 N–H and O–H groups in total. The van der Waals surface area contributed by atoms with Crippen LogP contribution in [-0.2, 0) is 19.4 Å². The second-order valence-corrected chi connectivity index (χ2v) is 7.01. The van der Waals surface area contributed by atoms with Crippen LogP contribution in [0.15, 0.2) is 29.2 Å². The van der Waals surface area contributed by atoms with Crippen LogP contribution in [0.2, 0.25) is 0 Å². The third-order valence-corrected chi connectivity index (χ3v) is 5.32. The van der Waals surface area contributed by atoms with Gasteiger partial charge in [-0.3, -0.25) is 0 Å². The van der Waals surface area contributed by atoms with Gasteiger partial charge >= 0.3 is 5.97 Å². The molecule has 1 aromatic rings. The third kappa shape index (κ3) is 3.54. The Hall–Kier alpha value is -1.60. The van der Waals surface area contributed by atoms with E-state index in [2.05, 4.69) is 0 Å². The number of carboxylic acids is 1. The second-order valence-electron chi connectivity index (χ2n) is 4.93. The van der Waals surface area contributed by atoms with Crippen molar-refractivity contribution in [3.05, 3.63) is 24.3 Å². The summed E-state index contributed by atoms with van der Waals surface area (Å²) >= 11 is 0. The number of rotatable bonds is 5. The van der Waals surface area contributed by atoms with Gasteiger partial charge in [-0.1, -0.05) is 19.1 Å². The number of aliphatic carboxylic acids is 1. The fraction of sp³-hybridized carbons (Fsp3) is 0.500. The Kier molecular flexibility index (Phi) is 4.84. The van der Waals surface area contributed by atoms with Crippen LogP contribution in [0.1, 0.15) is 13.3 Å². The standard InChI is InChI=1S/C14H19NO5S/c1-2-9-21(18,19)13-6-4-3-5-11(13)15-7-8-20-12(10-15)14(16)17/h3-6,12H,2,7-10H2,1H3,(H,16,17). The van der Waals surface area contributed by atoms with Crippen LogP contribution in [0.3, 0.4) is 0 Å². The molecule has 1 fully saturated rings. The number of benzene rings is 1. The van der Waals surface area contributed by atoms with Crippen molar-refractivity contribution < 1.29 is 23.1 Å². The molecule has 1 aromatic carbocycles. The minimum absolute atomic E-state index is 0.0801. The molecule has 0 spiro atoms. The smallest absolute Gasteiger partial charge is 0.334 e. The van der Waals surface area contributed by atoms with Crippen LogP contribution in [0.4, 0.5) is 5.69 Å². The van der Waals surface area contributed by atoms with E-state index >= 15 is 0 Å². The van der Waals surface area contributed by atoms with Crippen molar-refractivity contribution in [1.29, 1.82) is 0 Å². The number of para-hydroxylation sites is 1. The first-order valence-electron chi connectivity index (χ1n) is 6.87. The molecular weight excluding hydrogens is 294 g/mol. The Morgan fingerprint density at radius 2 is 2.14 bits per heavy atom. The predicted molar refractivity (Wildman–Crippen MR) is 78.4 cm³/mol. The molecule has 1 aliphatic heterocycles. The molecule has 0 aromatic heterocycles.